The van der Waals surface area contributed by atoms with Gasteiger partial charge in [0.2, 0.25) is 0 Å². The molecule has 1 aromatic carbocycles. The third-order valence-electron chi connectivity index (χ3n) is 2.98. The zero-order valence-corrected chi connectivity index (χ0v) is 9.42. The van der Waals surface area contributed by atoms with Crippen LogP contribution < -0.4 is 5.32 Å². The van der Waals surface area contributed by atoms with Crippen LogP contribution >= 0.6 is 0 Å². The van der Waals surface area contributed by atoms with Crippen molar-refractivity contribution in [3.8, 4) is 0 Å². The number of carboxylic acid groups (broad SMARTS) is 1. The van der Waals surface area contributed by atoms with Gasteiger partial charge in [-0.25, -0.2) is 0 Å². The molecule has 2 N–H and O–H groups in total. The van der Waals surface area contributed by atoms with Crippen LogP contribution in [0.15, 0.2) is 18.2 Å². The van der Waals surface area contributed by atoms with Crippen LogP contribution in [0.1, 0.15) is 24.0 Å². The van der Waals surface area contributed by atoms with E-state index in [2.05, 4.69) is 5.32 Å². The third kappa shape index (κ3) is 2.75. The molecule has 1 heterocycles. The lowest BCUT2D eigenvalue weighted by Crippen LogP contribution is -2.28. The minimum Gasteiger partial charge on any atom is -0.481 e. The summed E-state index contributed by atoms with van der Waals surface area (Å²) in [6.07, 6.45) is -3.25. The summed E-state index contributed by atoms with van der Waals surface area (Å²) in [6.45, 7) is 0. The van der Waals surface area contributed by atoms with Crippen LogP contribution in [0, 0.1) is 0 Å². The fraction of sp³-hybridized carbons (Fsp3) is 0.417. The Morgan fingerprint density at radius 3 is 2.78 bits per heavy atom. The van der Waals surface area contributed by atoms with E-state index in [9.17, 15) is 18.0 Å². The van der Waals surface area contributed by atoms with Gasteiger partial charge in [-0.2, -0.15) is 13.2 Å². The summed E-state index contributed by atoms with van der Waals surface area (Å²) < 4.78 is 37.6. The lowest BCUT2D eigenvalue weighted by atomic mass is 9.95. The quantitative estimate of drug-likeness (QED) is 0.858. The molecule has 2 rings (SSSR count). The van der Waals surface area contributed by atoms with Gasteiger partial charge in [0.1, 0.15) is 0 Å². The van der Waals surface area contributed by atoms with Crippen LogP contribution in [0.3, 0.4) is 0 Å². The maximum atomic E-state index is 12.5. The number of halogens is 3. The Morgan fingerprint density at radius 2 is 2.17 bits per heavy atom. The number of nitrogens with one attached hydrogen (secondary N) is 1. The molecule has 6 heteroatoms. The number of aliphatic carboxylic acids is 1. The summed E-state index contributed by atoms with van der Waals surface area (Å²) >= 11 is 0. The Morgan fingerprint density at radius 1 is 1.44 bits per heavy atom. The minimum absolute atomic E-state index is 0.0876. The van der Waals surface area contributed by atoms with Crippen molar-refractivity contribution in [1.82, 2.24) is 0 Å². The van der Waals surface area contributed by atoms with E-state index in [1.54, 1.807) is 0 Å². The molecule has 1 unspecified atom stereocenters. The Hall–Kier alpha value is -1.72. The fourth-order valence-electron chi connectivity index (χ4n) is 2.09. The number of rotatable bonds is 2. The minimum atomic E-state index is -4.38. The van der Waals surface area contributed by atoms with Crippen molar-refractivity contribution in [2.45, 2.75) is 31.5 Å². The molecule has 0 saturated carbocycles. The maximum Gasteiger partial charge on any atom is 0.416 e. The number of carboxylic acids is 1. The summed E-state index contributed by atoms with van der Waals surface area (Å²) in [7, 11) is 0. The van der Waals surface area contributed by atoms with E-state index in [0.29, 0.717) is 18.5 Å². The number of benzene rings is 1. The highest BCUT2D eigenvalue weighted by molar-refractivity contribution is 5.69. The van der Waals surface area contributed by atoms with Crippen LogP contribution in [0.4, 0.5) is 18.9 Å². The largest absolute Gasteiger partial charge is 0.481 e. The molecular formula is C12H12F3NO2. The van der Waals surface area contributed by atoms with Crippen molar-refractivity contribution in [1.29, 1.82) is 0 Å². The molecule has 0 saturated heterocycles. The van der Waals surface area contributed by atoms with Crippen molar-refractivity contribution in [2.24, 2.45) is 0 Å². The molecule has 0 radical (unpaired) electrons. The maximum absolute atomic E-state index is 12.5. The fourth-order valence-corrected chi connectivity index (χ4v) is 2.09. The summed E-state index contributed by atoms with van der Waals surface area (Å²) in [5.41, 5.74) is 0.469. The molecule has 1 atom stereocenters. The van der Waals surface area contributed by atoms with Crippen LogP contribution in [0.2, 0.25) is 0 Å². The molecule has 0 aromatic heterocycles. The van der Waals surface area contributed by atoms with Crippen molar-refractivity contribution in [3.05, 3.63) is 29.3 Å². The van der Waals surface area contributed by atoms with Gasteiger partial charge in [-0.3, -0.25) is 4.79 Å². The molecule has 18 heavy (non-hydrogen) atoms. The number of hydrogen-bond acceptors (Lipinski definition) is 2. The normalized spacial score (nSPS) is 18.9. The molecule has 0 fully saturated rings. The molecule has 1 aromatic rings. The smallest absolute Gasteiger partial charge is 0.416 e. The molecule has 1 aliphatic heterocycles. The molecule has 0 spiro atoms. The summed E-state index contributed by atoms with van der Waals surface area (Å²) in [5.74, 6) is -0.956. The van der Waals surface area contributed by atoms with E-state index in [1.807, 2.05) is 0 Å². The van der Waals surface area contributed by atoms with Crippen molar-refractivity contribution >= 4 is 11.7 Å². The number of alkyl halides is 3. The van der Waals surface area contributed by atoms with Gasteiger partial charge in [0.05, 0.1) is 12.0 Å². The van der Waals surface area contributed by atoms with Crippen LogP contribution in [0.25, 0.3) is 0 Å². The van der Waals surface area contributed by atoms with Crippen LogP contribution in [0.5, 0.6) is 0 Å². The first-order valence-corrected chi connectivity index (χ1v) is 5.54. The van der Waals surface area contributed by atoms with E-state index < -0.39 is 17.7 Å². The highest BCUT2D eigenvalue weighted by Crippen LogP contribution is 2.34. The Labute approximate surface area is 102 Å². The van der Waals surface area contributed by atoms with Gasteiger partial charge in [-0.05, 0) is 30.5 Å². The second-order valence-electron chi connectivity index (χ2n) is 4.35. The summed E-state index contributed by atoms with van der Waals surface area (Å²) in [4.78, 5) is 10.6. The molecule has 3 nitrogen and oxygen atoms in total. The summed E-state index contributed by atoms with van der Waals surface area (Å²) in [6, 6.07) is 3.24. The second kappa shape index (κ2) is 4.51. The van der Waals surface area contributed by atoms with Gasteiger partial charge in [0, 0.05) is 11.7 Å². The van der Waals surface area contributed by atoms with E-state index >= 15 is 0 Å². The predicted octanol–water partition coefficient (Wildman–Crippen LogP) is 2.91. The number of carbonyl (C=O) groups is 1. The first-order chi connectivity index (χ1) is 8.36. The zero-order chi connectivity index (χ0) is 13.3. The Bertz CT molecular complexity index is 471. The van der Waals surface area contributed by atoms with Crippen LogP contribution in [-0.4, -0.2) is 17.1 Å². The van der Waals surface area contributed by atoms with E-state index in [1.165, 1.54) is 6.07 Å². The first kappa shape index (κ1) is 12.7. The predicted molar refractivity (Wildman–Crippen MR) is 59.4 cm³/mol. The Balaban J connectivity index is 2.22. The van der Waals surface area contributed by atoms with E-state index in [-0.39, 0.29) is 12.5 Å². The third-order valence-corrected chi connectivity index (χ3v) is 2.98. The highest BCUT2D eigenvalue weighted by atomic mass is 19.4. The van der Waals surface area contributed by atoms with Crippen LogP contribution in [-0.2, 0) is 17.4 Å². The first-order valence-electron chi connectivity index (χ1n) is 5.54. The molecule has 0 bridgehead atoms. The van der Waals surface area contributed by atoms with Gasteiger partial charge >= 0.3 is 12.1 Å². The van der Waals surface area contributed by atoms with Gasteiger partial charge in [-0.15, -0.1) is 0 Å². The molecule has 0 aliphatic carbocycles. The second-order valence-corrected chi connectivity index (χ2v) is 4.35. The average Bonchev–Trinajstić information content (AvgIpc) is 2.26. The van der Waals surface area contributed by atoms with Gasteiger partial charge in [-0.1, -0.05) is 6.07 Å². The van der Waals surface area contributed by atoms with Gasteiger partial charge in [0.25, 0.3) is 0 Å². The average molecular weight is 259 g/mol. The van der Waals surface area contributed by atoms with E-state index in [0.717, 1.165) is 17.7 Å². The Kier molecular flexibility index (Phi) is 3.19. The highest BCUT2D eigenvalue weighted by Gasteiger charge is 2.32. The standard InChI is InChI=1S/C12H12F3NO2/c13-12(14,15)8-3-1-7-2-4-9(6-11(17)18)16-10(7)5-8/h1,3,5,9,16H,2,4,6H2,(H,17,18). The lowest BCUT2D eigenvalue weighted by Gasteiger charge is -2.26. The SMILES string of the molecule is O=C(O)CC1CCc2ccc(C(F)(F)F)cc2N1. The summed E-state index contributed by atoms with van der Waals surface area (Å²) in [5, 5.41) is 11.5. The number of aryl methyl sites for hydroxylation is 1. The monoisotopic (exact) mass is 259 g/mol. The number of fused-ring (bicyclic) bond motifs is 1. The lowest BCUT2D eigenvalue weighted by molar-refractivity contribution is -0.138. The van der Waals surface area contributed by atoms with Crippen molar-refractivity contribution < 1.29 is 23.1 Å². The molecule has 1 aliphatic rings. The van der Waals surface area contributed by atoms with Crippen molar-refractivity contribution in [3.63, 3.8) is 0 Å². The van der Waals surface area contributed by atoms with Gasteiger partial charge in [0.15, 0.2) is 0 Å². The van der Waals surface area contributed by atoms with Gasteiger partial charge < -0.3 is 10.4 Å². The molecular weight excluding hydrogens is 247 g/mol. The topological polar surface area (TPSA) is 49.3 Å². The number of anilines is 1. The molecule has 98 valence electrons. The number of hydrogen-bond donors (Lipinski definition) is 2. The zero-order valence-electron chi connectivity index (χ0n) is 9.42. The molecule has 0 amide bonds. The van der Waals surface area contributed by atoms with E-state index in [4.69, 9.17) is 5.11 Å². The van der Waals surface area contributed by atoms with Crippen molar-refractivity contribution in [2.75, 3.05) is 5.32 Å².